The number of nitrogens with zero attached hydrogens (tertiary/aromatic N) is 2. The molecule has 2 heterocycles. The Kier molecular flexibility index (Phi) is 6.55. The van der Waals surface area contributed by atoms with Crippen molar-refractivity contribution in [2.45, 2.75) is 38.3 Å². The van der Waals surface area contributed by atoms with E-state index in [4.69, 9.17) is 0 Å². The highest BCUT2D eigenvalue weighted by Crippen LogP contribution is 2.15. The summed E-state index contributed by atoms with van der Waals surface area (Å²) >= 11 is 0. The molecule has 1 amide bonds. The number of benzene rings is 1. The van der Waals surface area contributed by atoms with E-state index in [1.54, 1.807) is 50.4 Å². The topological polar surface area (TPSA) is 110 Å². The van der Waals surface area contributed by atoms with Gasteiger partial charge in [-0.15, -0.1) is 0 Å². The molecule has 0 fully saturated rings. The average Bonchev–Trinajstić information content (AvgIpc) is 2.74. The van der Waals surface area contributed by atoms with Crippen molar-refractivity contribution in [3.63, 3.8) is 0 Å². The largest absolute Gasteiger partial charge is 0.346 e. The molecule has 2 N–H and O–H groups in total. The van der Waals surface area contributed by atoms with Crippen molar-refractivity contribution in [3.05, 3.63) is 88.1 Å². The van der Waals surface area contributed by atoms with E-state index in [0.717, 1.165) is 5.56 Å². The van der Waals surface area contributed by atoms with E-state index in [2.05, 4.69) is 15.0 Å². The second kappa shape index (κ2) is 9.13. The van der Waals surface area contributed by atoms with Crippen LogP contribution in [0.15, 0.2) is 70.5 Å². The number of anilines is 1. The summed E-state index contributed by atoms with van der Waals surface area (Å²) in [6.45, 7) is 5.07. The van der Waals surface area contributed by atoms with Gasteiger partial charge in [0.1, 0.15) is 12.2 Å². The first kappa shape index (κ1) is 22.2. The van der Waals surface area contributed by atoms with Gasteiger partial charge in [-0.1, -0.05) is 23.8 Å². The van der Waals surface area contributed by atoms with Gasteiger partial charge in [0.15, 0.2) is 0 Å². The molecule has 0 aliphatic carbocycles. The van der Waals surface area contributed by atoms with E-state index in [1.807, 2.05) is 13.0 Å². The van der Waals surface area contributed by atoms with Gasteiger partial charge in [0, 0.05) is 11.9 Å². The Balaban J connectivity index is 1.80. The highest BCUT2D eigenvalue weighted by molar-refractivity contribution is 7.92. The molecule has 162 valence electrons. The van der Waals surface area contributed by atoms with Crippen LogP contribution in [0.4, 0.5) is 5.69 Å². The summed E-state index contributed by atoms with van der Waals surface area (Å²) in [7, 11) is -3.94. The molecule has 31 heavy (non-hydrogen) atoms. The lowest BCUT2D eigenvalue weighted by Crippen LogP contribution is -2.36. The lowest BCUT2D eigenvalue weighted by Gasteiger charge is -2.16. The van der Waals surface area contributed by atoms with E-state index < -0.39 is 15.6 Å². The van der Waals surface area contributed by atoms with E-state index in [0.29, 0.717) is 11.4 Å². The van der Waals surface area contributed by atoms with Gasteiger partial charge in [-0.25, -0.2) is 8.42 Å². The minimum Gasteiger partial charge on any atom is -0.346 e. The second-order valence-electron chi connectivity index (χ2n) is 7.24. The monoisotopic (exact) mass is 440 g/mol. The molecule has 0 aliphatic heterocycles. The third kappa shape index (κ3) is 5.37. The minimum absolute atomic E-state index is 0.0477. The van der Waals surface area contributed by atoms with Gasteiger partial charge in [-0.2, -0.15) is 0 Å². The van der Waals surface area contributed by atoms with Crippen molar-refractivity contribution >= 4 is 21.6 Å². The third-order valence-corrected chi connectivity index (χ3v) is 6.16. The van der Waals surface area contributed by atoms with Crippen LogP contribution in [-0.4, -0.2) is 23.9 Å². The predicted molar refractivity (Wildman–Crippen MR) is 118 cm³/mol. The summed E-state index contributed by atoms with van der Waals surface area (Å²) in [5.41, 5.74) is 1.42. The minimum atomic E-state index is -3.94. The Bertz CT molecular complexity index is 1240. The molecule has 0 radical (unpaired) electrons. The maximum Gasteiger partial charge on any atom is 0.275 e. The van der Waals surface area contributed by atoms with Gasteiger partial charge in [-0.3, -0.25) is 19.3 Å². The average molecular weight is 441 g/mol. The van der Waals surface area contributed by atoms with Crippen LogP contribution in [0.5, 0.6) is 0 Å². The fourth-order valence-electron chi connectivity index (χ4n) is 3.00. The van der Waals surface area contributed by atoms with Crippen LogP contribution in [0, 0.1) is 13.8 Å². The first-order chi connectivity index (χ1) is 14.7. The first-order valence-electron chi connectivity index (χ1n) is 9.67. The summed E-state index contributed by atoms with van der Waals surface area (Å²) in [6.07, 6.45) is 1.64. The lowest BCUT2D eigenvalue weighted by atomic mass is 10.2. The number of amides is 1. The second-order valence-corrected chi connectivity index (χ2v) is 8.92. The number of aryl methyl sites for hydroxylation is 2. The molecule has 0 bridgehead atoms. The normalized spacial score (nSPS) is 12.2. The highest BCUT2D eigenvalue weighted by atomic mass is 32.2. The molecular formula is C22H24N4O4S. The molecule has 0 aliphatic rings. The quantitative estimate of drug-likeness (QED) is 0.587. The van der Waals surface area contributed by atoms with Crippen LogP contribution in [0.25, 0.3) is 0 Å². The summed E-state index contributed by atoms with van der Waals surface area (Å²) in [6, 6.07) is 14.3. The lowest BCUT2D eigenvalue weighted by molar-refractivity contribution is -0.122. The van der Waals surface area contributed by atoms with Crippen LogP contribution in [0.2, 0.25) is 0 Å². The van der Waals surface area contributed by atoms with E-state index in [9.17, 15) is 18.0 Å². The van der Waals surface area contributed by atoms with Crippen LogP contribution in [0.1, 0.15) is 29.9 Å². The van der Waals surface area contributed by atoms with Gasteiger partial charge in [0.05, 0.1) is 16.6 Å². The third-order valence-electron chi connectivity index (χ3n) is 4.78. The van der Waals surface area contributed by atoms with Crippen molar-refractivity contribution in [1.29, 1.82) is 0 Å². The van der Waals surface area contributed by atoms with Crippen LogP contribution in [-0.2, 0) is 21.4 Å². The van der Waals surface area contributed by atoms with Crippen molar-refractivity contribution in [1.82, 2.24) is 14.9 Å². The first-order valence-corrected chi connectivity index (χ1v) is 11.2. The van der Waals surface area contributed by atoms with Crippen molar-refractivity contribution in [3.8, 4) is 0 Å². The number of nitrogens with one attached hydrogen (secondary N) is 2. The fourth-order valence-corrected chi connectivity index (χ4v) is 4.06. The molecule has 3 rings (SSSR count). The molecule has 0 spiro atoms. The molecule has 0 saturated heterocycles. The van der Waals surface area contributed by atoms with Crippen molar-refractivity contribution in [2.24, 2.45) is 0 Å². The van der Waals surface area contributed by atoms with E-state index in [1.165, 1.54) is 22.8 Å². The fraction of sp³-hybridized carbons (Fsp3) is 0.227. The van der Waals surface area contributed by atoms with Crippen LogP contribution in [0.3, 0.4) is 0 Å². The van der Waals surface area contributed by atoms with Crippen molar-refractivity contribution < 1.29 is 13.2 Å². The number of carbonyl (C=O) groups excluding carboxylic acids is 1. The maximum absolute atomic E-state index is 12.9. The molecule has 9 heteroatoms. The van der Waals surface area contributed by atoms with Gasteiger partial charge in [0.25, 0.3) is 15.6 Å². The SMILES string of the molecule is Cc1ccc(S(=O)(=O)Nc2ccc(C)n(CC(=O)N[C@@H](C)c3ccccn3)c2=O)cc1. The van der Waals surface area contributed by atoms with E-state index in [-0.39, 0.29) is 29.1 Å². The van der Waals surface area contributed by atoms with Crippen molar-refractivity contribution in [2.75, 3.05) is 4.72 Å². The molecule has 0 unspecified atom stereocenters. The Morgan fingerprint density at radius 2 is 1.77 bits per heavy atom. The number of carbonyl (C=O) groups is 1. The smallest absolute Gasteiger partial charge is 0.275 e. The molecule has 1 aromatic carbocycles. The van der Waals surface area contributed by atoms with Gasteiger partial charge in [0.2, 0.25) is 5.91 Å². The number of rotatable bonds is 7. The molecule has 2 aromatic heterocycles. The Labute approximate surface area is 181 Å². The van der Waals surface area contributed by atoms with Gasteiger partial charge < -0.3 is 9.88 Å². The Morgan fingerprint density at radius 1 is 1.06 bits per heavy atom. The Hall–Kier alpha value is -3.46. The summed E-state index contributed by atoms with van der Waals surface area (Å²) in [4.78, 5) is 29.7. The zero-order valence-electron chi connectivity index (χ0n) is 17.5. The molecule has 0 saturated carbocycles. The van der Waals surface area contributed by atoms with Gasteiger partial charge in [-0.05, 0) is 57.2 Å². The predicted octanol–water partition coefficient (Wildman–Crippen LogP) is 2.54. The number of sulfonamides is 1. The zero-order chi connectivity index (χ0) is 22.6. The summed E-state index contributed by atoms with van der Waals surface area (Å²) in [5.74, 6) is -0.387. The molecule has 1 atom stereocenters. The zero-order valence-corrected chi connectivity index (χ0v) is 18.3. The molecule has 8 nitrogen and oxygen atoms in total. The Morgan fingerprint density at radius 3 is 2.42 bits per heavy atom. The summed E-state index contributed by atoms with van der Waals surface area (Å²) in [5, 5.41) is 2.80. The number of pyridine rings is 2. The van der Waals surface area contributed by atoms with Crippen LogP contribution < -0.4 is 15.6 Å². The molecular weight excluding hydrogens is 416 g/mol. The van der Waals surface area contributed by atoms with Gasteiger partial charge >= 0.3 is 0 Å². The number of aromatic nitrogens is 2. The highest BCUT2D eigenvalue weighted by Gasteiger charge is 2.18. The van der Waals surface area contributed by atoms with E-state index >= 15 is 0 Å². The summed E-state index contributed by atoms with van der Waals surface area (Å²) < 4.78 is 28.8. The maximum atomic E-state index is 12.9. The molecule has 3 aromatic rings. The standard InChI is InChI=1S/C22H24N4O4S/c1-15-7-10-18(11-8-15)31(29,30)25-20-12-9-16(2)26(22(20)28)14-21(27)24-17(3)19-6-4-5-13-23-19/h4-13,17,25H,14H2,1-3H3,(H,24,27)/t17-/m0/s1. The van der Waals surface area contributed by atoms with Crippen LogP contribution >= 0.6 is 0 Å². The number of hydrogen-bond acceptors (Lipinski definition) is 5. The number of hydrogen-bond donors (Lipinski definition) is 2.